The SMILES string of the molecule is Cc1ccc2c(C3CCN(C(=O)c4ccc(OC(F)(F)F)cc4)CC3)ncnc2c1. The summed E-state index contributed by atoms with van der Waals surface area (Å²) in [5, 5.41) is 1.04. The molecule has 2 heterocycles. The van der Waals surface area contributed by atoms with Gasteiger partial charge in [-0.2, -0.15) is 0 Å². The minimum Gasteiger partial charge on any atom is -0.406 e. The van der Waals surface area contributed by atoms with E-state index in [1.807, 2.05) is 25.1 Å². The van der Waals surface area contributed by atoms with Crippen LogP contribution in [-0.2, 0) is 0 Å². The molecule has 0 radical (unpaired) electrons. The smallest absolute Gasteiger partial charge is 0.406 e. The number of hydrogen-bond donors (Lipinski definition) is 0. The minimum atomic E-state index is -4.75. The minimum absolute atomic E-state index is 0.199. The first kappa shape index (κ1) is 20.1. The van der Waals surface area contributed by atoms with Crippen LogP contribution in [0.5, 0.6) is 5.75 Å². The molecule has 1 amide bonds. The molecule has 1 aliphatic rings. The van der Waals surface area contributed by atoms with Crippen molar-refractivity contribution in [3.63, 3.8) is 0 Å². The number of likely N-dealkylation sites (tertiary alicyclic amines) is 1. The van der Waals surface area contributed by atoms with Gasteiger partial charge in [-0.25, -0.2) is 9.97 Å². The largest absolute Gasteiger partial charge is 0.573 e. The third-order valence-electron chi connectivity index (χ3n) is 5.33. The first-order chi connectivity index (χ1) is 14.3. The van der Waals surface area contributed by atoms with Gasteiger partial charge in [0, 0.05) is 30.0 Å². The van der Waals surface area contributed by atoms with Crippen LogP contribution in [0.3, 0.4) is 0 Å². The highest BCUT2D eigenvalue weighted by Crippen LogP contribution is 2.32. The summed E-state index contributed by atoms with van der Waals surface area (Å²) in [7, 11) is 0. The fourth-order valence-electron chi connectivity index (χ4n) is 3.85. The Labute approximate surface area is 171 Å². The van der Waals surface area contributed by atoms with Crippen LogP contribution in [0, 0.1) is 6.92 Å². The maximum absolute atomic E-state index is 12.7. The predicted molar refractivity (Wildman–Crippen MR) is 105 cm³/mol. The molecular weight excluding hydrogens is 395 g/mol. The number of carbonyl (C=O) groups excluding carboxylic acids is 1. The van der Waals surface area contributed by atoms with Crippen LogP contribution in [0.2, 0.25) is 0 Å². The summed E-state index contributed by atoms with van der Waals surface area (Å²) < 4.78 is 40.7. The fraction of sp³-hybridized carbons (Fsp3) is 0.318. The van der Waals surface area contributed by atoms with E-state index in [0.717, 1.165) is 47.1 Å². The number of hydrogen-bond acceptors (Lipinski definition) is 4. The summed E-state index contributed by atoms with van der Waals surface area (Å²) >= 11 is 0. The Kier molecular flexibility index (Phi) is 5.32. The van der Waals surface area contributed by atoms with Gasteiger partial charge in [0.05, 0.1) is 11.2 Å². The second-order valence-electron chi connectivity index (χ2n) is 7.42. The van der Waals surface area contributed by atoms with Gasteiger partial charge < -0.3 is 9.64 Å². The fourth-order valence-corrected chi connectivity index (χ4v) is 3.85. The van der Waals surface area contributed by atoms with Crippen LogP contribution in [0.15, 0.2) is 48.8 Å². The van der Waals surface area contributed by atoms with Gasteiger partial charge in [0.25, 0.3) is 5.91 Å². The maximum Gasteiger partial charge on any atom is 0.573 e. The zero-order chi connectivity index (χ0) is 21.3. The van der Waals surface area contributed by atoms with E-state index in [-0.39, 0.29) is 17.6 Å². The van der Waals surface area contributed by atoms with Crippen molar-refractivity contribution in [3.8, 4) is 5.75 Å². The topological polar surface area (TPSA) is 55.3 Å². The highest BCUT2D eigenvalue weighted by molar-refractivity contribution is 5.94. The number of piperidine rings is 1. The molecular formula is C22H20F3N3O2. The molecule has 0 bridgehead atoms. The van der Waals surface area contributed by atoms with Crippen molar-refractivity contribution in [1.29, 1.82) is 0 Å². The summed E-state index contributed by atoms with van der Waals surface area (Å²) in [6.45, 7) is 3.14. The Balaban J connectivity index is 1.43. The van der Waals surface area contributed by atoms with Crippen molar-refractivity contribution in [1.82, 2.24) is 14.9 Å². The number of alkyl halides is 3. The van der Waals surface area contributed by atoms with E-state index in [9.17, 15) is 18.0 Å². The first-order valence-electron chi connectivity index (χ1n) is 9.66. The molecule has 0 spiro atoms. The zero-order valence-corrected chi connectivity index (χ0v) is 16.3. The van der Waals surface area contributed by atoms with Crippen LogP contribution in [0.25, 0.3) is 10.9 Å². The van der Waals surface area contributed by atoms with Crippen molar-refractivity contribution < 1.29 is 22.7 Å². The molecule has 2 aromatic carbocycles. The molecule has 1 aromatic heterocycles. The molecule has 0 saturated carbocycles. The third-order valence-corrected chi connectivity index (χ3v) is 5.33. The number of ether oxygens (including phenoxy) is 1. The lowest BCUT2D eigenvalue weighted by Crippen LogP contribution is -2.38. The average Bonchev–Trinajstić information content (AvgIpc) is 2.72. The van der Waals surface area contributed by atoms with Crippen LogP contribution in [0.1, 0.15) is 40.4 Å². The molecule has 0 unspecified atom stereocenters. The second-order valence-corrected chi connectivity index (χ2v) is 7.42. The monoisotopic (exact) mass is 415 g/mol. The van der Waals surface area contributed by atoms with Gasteiger partial charge in [-0.3, -0.25) is 4.79 Å². The molecule has 1 saturated heterocycles. The van der Waals surface area contributed by atoms with E-state index >= 15 is 0 Å². The van der Waals surface area contributed by atoms with Gasteiger partial charge in [-0.05, 0) is 55.7 Å². The number of aryl methyl sites for hydroxylation is 1. The highest BCUT2D eigenvalue weighted by atomic mass is 19.4. The van der Waals surface area contributed by atoms with Crippen molar-refractivity contribution in [3.05, 3.63) is 65.6 Å². The lowest BCUT2D eigenvalue weighted by molar-refractivity contribution is -0.274. The molecule has 0 N–H and O–H groups in total. The van der Waals surface area contributed by atoms with E-state index in [2.05, 4.69) is 14.7 Å². The van der Waals surface area contributed by atoms with Crippen LogP contribution in [-0.4, -0.2) is 40.2 Å². The molecule has 30 heavy (non-hydrogen) atoms. The molecule has 5 nitrogen and oxygen atoms in total. The number of aromatic nitrogens is 2. The quantitative estimate of drug-likeness (QED) is 0.613. The Morgan fingerprint density at radius 1 is 1.07 bits per heavy atom. The average molecular weight is 415 g/mol. The van der Waals surface area contributed by atoms with E-state index in [1.54, 1.807) is 11.2 Å². The van der Waals surface area contributed by atoms with Crippen molar-refractivity contribution >= 4 is 16.8 Å². The molecule has 0 atom stereocenters. The van der Waals surface area contributed by atoms with E-state index < -0.39 is 6.36 Å². The number of fused-ring (bicyclic) bond motifs is 1. The summed E-state index contributed by atoms with van der Waals surface area (Å²) in [5.74, 6) is -0.316. The van der Waals surface area contributed by atoms with Gasteiger partial charge in [-0.15, -0.1) is 13.2 Å². The summed E-state index contributed by atoms with van der Waals surface area (Å²) in [4.78, 5) is 23.3. The molecule has 156 valence electrons. The van der Waals surface area contributed by atoms with Crippen LogP contribution >= 0.6 is 0 Å². The number of benzene rings is 2. The molecule has 8 heteroatoms. The van der Waals surface area contributed by atoms with E-state index in [4.69, 9.17) is 0 Å². The number of carbonyl (C=O) groups is 1. The number of amides is 1. The Morgan fingerprint density at radius 3 is 2.43 bits per heavy atom. The third kappa shape index (κ3) is 4.37. The standard InChI is InChI=1S/C22H20F3N3O2/c1-14-2-7-18-19(12-14)26-13-27-20(18)15-8-10-28(11-9-15)21(29)16-3-5-17(6-4-16)30-22(23,24)25/h2-7,12-13,15H,8-11H2,1H3. The lowest BCUT2D eigenvalue weighted by atomic mass is 9.90. The number of rotatable bonds is 3. The van der Waals surface area contributed by atoms with E-state index in [0.29, 0.717) is 18.7 Å². The lowest BCUT2D eigenvalue weighted by Gasteiger charge is -2.32. The molecule has 1 aliphatic heterocycles. The van der Waals surface area contributed by atoms with Crippen molar-refractivity contribution in [2.75, 3.05) is 13.1 Å². The number of nitrogens with zero attached hydrogens (tertiary/aromatic N) is 3. The normalized spacial score (nSPS) is 15.4. The molecule has 3 aromatic rings. The van der Waals surface area contributed by atoms with Crippen LogP contribution in [0.4, 0.5) is 13.2 Å². The maximum atomic E-state index is 12.7. The van der Waals surface area contributed by atoms with Gasteiger partial charge in [0.15, 0.2) is 0 Å². The van der Waals surface area contributed by atoms with Gasteiger partial charge in [0.2, 0.25) is 0 Å². The number of halogens is 3. The Morgan fingerprint density at radius 2 is 1.77 bits per heavy atom. The van der Waals surface area contributed by atoms with Gasteiger partial charge in [-0.1, -0.05) is 12.1 Å². The van der Waals surface area contributed by atoms with Gasteiger partial charge in [0.1, 0.15) is 12.1 Å². The second kappa shape index (κ2) is 7.93. The van der Waals surface area contributed by atoms with Crippen molar-refractivity contribution in [2.45, 2.75) is 32.0 Å². The van der Waals surface area contributed by atoms with E-state index in [1.165, 1.54) is 12.1 Å². The first-order valence-corrected chi connectivity index (χ1v) is 9.66. The Bertz CT molecular complexity index is 1060. The summed E-state index contributed by atoms with van der Waals surface area (Å²) in [5.41, 5.74) is 3.39. The zero-order valence-electron chi connectivity index (χ0n) is 16.3. The summed E-state index contributed by atoms with van der Waals surface area (Å²) in [6.07, 6.45) is -1.64. The van der Waals surface area contributed by atoms with Crippen LogP contribution < -0.4 is 4.74 Å². The highest BCUT2D eigenvalue weighted by Gasteiger charge is 2.31. The summed E-state index contributed by atoms with van der Waals surface area (Å²) in [6, 6.07) is 11.1. The van der Waals surface area contributed by atoms with Crippen molar-refractivity contribution in [2.24, 2.45) is 0 Å². The molecule has 4 rings (SSSR count). The molecule has 0 aliphatic carbocycles. The predicted octanol–water partition coefficient (Wildman–Crippen LogP) is 4.86. The van der Waals surface area contributed by atoms with Gasteiger partial charge >= 0.3 is 6.36 Å². The Hall–Kier alpha value is -3.16. The molecule has 1 fully saturated rings.